The molecule has 126 valence electrons. The third-order valence-corrected chi connectivity index (χ3v) is 6.30. The maximum absolute atomic E-state index is 12.4. The molecule has 1 aromatic rings. The Balaban J connectivity index is 2.22. The summed E-state index contributed by atoms with van der Waals surface area (Å²) in [5.41, 5.74) is 1.54. The van der Waals surface area contributed by atoms with Crippen molar-refractivity contribution in [3.63, 3.8) is 0 Å². The van der Waals surface area contributed by atoms with Crippen LogP contribution in [-0.2, 0) is 19.4 Å². The van der Waals surface area contributed by atoms with Crippen molar-refractivity contribution in [2.24, 2.45) is 0 Å². The number of carboxylic acid groups (broad SMARTS) is 1. The quantitative estimate of drug-likeness (QED) is 0.848. The van der Waals surface area contributed by atoms with Gasteiger partial charge in [-0.05, 0) is 30.9 Å². The maximum Gasteiger partial charge on any atom is 0.305 e. The topological polar surface area (TPSA) is 101 Å². The van der Waals surface area contributed by atoms with Crippen LogP contribution >= 0.6 is 0 Å². The van der Waals surface area contributed by atoms with Gasteiger partial charge >= 0.3 is 5.97 Å². The van der Waals surface area contributed by atoms with E-state index in [4.69, 9.17) is 5.11 Å². The molecule has 0 saturated carbocycles. The highest BCUT2D eigenvalue weighted by Crippen LogP contribution is 2.24. The summed E-state index contributed by atoms with van der Waals surface area (Å²) >= 11 is 0. The average Bonchev–Trinajstić information content (AvgIpc) is 2.46. The van der Waals surface area contributed by atoms with Gasteiger partial charge in [0.2, 0.25) is 5.91 Å². The number of carbonyl (C=O) groups excluding carboxylic acids is 1. The highest BCUT2D eigenvalue weighted by Gasteiger charge is 2.36. The molecule has 1 fully saturated rings. The molecular formula is C16H21NO5S. The first-order valence-corrected chi connectivity index (χ1v) is 9.32. The number of aliphatic carboxylic acids is 1. The van der Waals surface area contributed by atoms with E-state index in [2.05, 4.69) is 5.32 Å². The first-order chi connectivity index (χ1) is 10.8. The first kappa shape index (κ1) is 17.5. The SMILES string of the molecule is Cc1ccccc1C(CC(=O)O)NC(=O)C1CCCCS1(=O)=O. The molecule has 1 aliphatic rings. The molecule has 1 aromatic carbocycles. The van der Waals surface area contributed by atoms with Gasteiger partial charge in [0.25, 0.3) is 0 Å². The fourth-order valence-electron chi connectivity index (χ4n) is 2.90. The zero-order valence-corrected chi connectivity index (χ0v) is 13.8. The number of aryl methyl sites for hydroxylation is 1. The minimum Gasteiger partial charge on any atom is -0.481 e. The van der Waals surface area contributed by atoms with E-state index in [-0.39, 0.29) is 12.2 Å². The minimum absolute atomic E-state index is 0.0129. The average molecular weight is 339 g/mol. The smallest absolute Gasteiger partial charge is 0.305 e. The van der Waals surface area contributed by atoms with Crippen molar-refractivity contribution in [1.82, 2.24) is 5.32 Å². The summed E-state index contributed by atoms with van der Waals surface area (Å²) in [7, 11) is -3.45. The molecular weight excluding hydrogens is 318 g/mol. The molecule has 1 saturated heterocycles. The molecule has 1 heterocycles. The fraction of sp³-hybridized carbons (Fsp3) is 0.500. The van der Waals surface area contributed by atoms with Crippen molar-refractivity contribution in [2.75, 3.05) is 5.75 Å². The molecule has 0 aliphatic carbocycles. The number of amides is 1. The molecule has 0 spiro atoms. The van der Waals surface area contributed by atoms with Gasteiger partial charge in [0.15, 0.2) is 9.84 Å². The second-order valence-electron chi connectivity index (χ2n) is 5.87. The lowest BCUT2D eigenvalue weighted by Gasteiger charge is -2.25. The molecule has 0 radical (unpaired) electrons. The summed E-state index contributed by atoms with van der Waals surface area (Å²) in [4.78, 5) is 23.5. The van der Waals surface area contributed by atoms with Crippen LogP contribution in [0.2, 0.25) is 0 Å². The van der Waals surface area contributed by atoms with Gasteiger partial charge in [0, 0.05) is 0 Å². The Labute approximate surface area is 135 Å². The van der Waals surface area contributed by atoms with Crippen molar-refractivity contribution in [2.45, 2.75) is 43.9 Å². The first-order valence-electron chi connectivity index (χ1n) is 7.60. The van der Waals surface area contributed by atoms with Gasteiger partial charge < -0.3 is 10.4 Å². The molecule has 0 bridgehead atoms. The Kier molecular flexibility index (Phi) is 5.41. The van der Waals surface area contributed by atoms with E-state index in [1.165, 1.54) is 0 Å². The van der Waals surface area contributed by atoms with Crippen LogP contribution in [0.4, 0.5) is 0 Å². The van der Waals surface area contributed by atoms with Gasteiger partial charge in [0.05, 0.1) is 18.2 Å². The monoisotopic (exact) mass is 339 g/mol. The summed E-state index contributed by atoms with van der Waals surface area (Å²) in [6, 6.07) is 6.43. The van der Waals surface area contributed by atoms with Crippen molar-refractivity contribution in [3.05, 3.63) is 35.4 Å². The molecule has 6 nitrogen and oxygen atoms in total. The lowest BCUT2D eigenvalue weighted by atomic mass is 9.98. The maximum atomic E-state index is 12.4. The highest BCUT2D eigenvalue weighted by atomic mass is 32.2. The van der Waals surface area contributed by atoms with Crippen molar-refractivity contribution in [3.8, 4) is 0 Å². The van der Waals surface area contributed by atoms with E-state index in [0.717, 1.165) is 5.56 Å². The normalized spacial score (nSPS) is 21.3. The third-order valence-electron chi connectivity index (χ3n) is 4.13. The van der Waals surface area contributed by atoms with E-state index >= 15 is 0 Å². The Bertz CT molecular complexity index is 698. The third kappa shape index (κ3) is 4.31. The Hall–Kier alpha value is -1.89. The van der Waals surface area contributed by atoms with Crippen LogP contribution in [0.1, 0.15) is 42.9 Å². The molecule has 1 amide bonds. The lowest BCUT2D eigenvalue weighted by molar-refractivity contribution is -0.137. The van der Waals surface area contributed by atoms with Gasteiger partial charge in [-0.3, -0.25) is 9.59 Å². The van der Waals surface area contributed by atoms with Crippen molar-refractivity contribution in [1.29, 1.82) is 0 Å². The summed E-state index contributed by atoms with van der Waals surface area (Å²) < 4.78 is 24.1. The molecule has 23 heavy (non-hydrogen) atoms. The van der Waals surface area contributed by atoms with Crippen LogP contribution in [0.25, 0.3) is 0 Å². The standard InChI is InChI=1S/C16H21NO5S/c1-11-6-2-3-7-12(11)13(10-15(18)19)17-16(20)14-8-4-5-9-23(14,21)22/h2-3,6-7,13-14H,4-5,8-10H2,1H3,(H,17,20)(H,18,19). The largest absolute Gasteiger partial charge is 0.481 e. The molecule has 2 N–H and O–H groups in total. The van der Waals surface area contributed by atoms with Crippen molar-refractivity contribution >= 4 is 21.7 Å². The number of hydrogen-bond acceptors (Lipinski definition) is 4. The molecule has 0 aromatic heterocycles. The summed E-state index contributed by atoms with van der Waals surface area (Å²) in [6.45, 7) is 1.83. The van der Waals surface area contributed by atoms with E-state index in [0.29, 0.717) is 24.8 Å². The van der Waals surface area contributed by atoms with Crippen LogP contribution in [0.3, 0.4) is 0 Å². The van der Waals surface area contributed by atoms with Crippen LogP contribution in [0, 0.1) is 6.92 Å². The van der Waals surface area contributed by atoms with Crippen LogP contribution in [0.5, 0.6) is 0 Å². The number of benzene rings is 1. The number of sulfone groups is 1. The van der Waals surface area contributed by atoms with Gasteiger partial charge in [-0.2, -0.15) is 0 Å². The highest BCUT2D eigenvalue weighted by molar-refractivity contribution is 7.92. The predicted octanol–water partition coefficient (Wildman–Crippen LogP) is 1.59. The minimum atomic E-state index is -3.45. The van der Waals surface area contributed by atoms with E-state index in [1.54, 1.807) is 12.1 Å². The van der Waals surface area contributed by atoms with Gasteiger partial charge in [-0.15, -0.1) is 0 Å². The van der Waals surface area contributed by atoms with Crippen LogP contribution in [-0.4, -0.2) is 36.4 Å². The fourth-order valence-corrected chi connectivity index (χ4v) is 4.72. The number of rotatable bonds is 5. The van der Waals surface area contributed by atoms with Gasteiger partial charge in [0.1, 0.15) is 5.25 Å². The molecule has 1 aliphatic heterocycles. The Morgan fingerprint density at radius 1 is 1.30 bits per heavy atom. The summed E-state index contributed by atoms with van der Waals surface area (Å²) in [6.07, 6.45) is 1.26. The van der Waals surface area contributed by atoms with E-state index in [1.807, 2.05) is 19.1 Å². The lowest BCUT2D eigenvalue weighted by Crippen LogP contribution is -2.44. The summed E-state index contributed by atoms with van der Waals surface area (Å²) in [5, 5.41) is 10.7. The van der Waals surface area contributed by atoms with E-state index in [9.17, 15) is 18.0 Å². The van der Waals surface area contributed by atoms with E-state index < -0.39 is 33.0 Å². The number of carbonyl (C=O) groups is 2. The Morgan fingerprint density at radius 3 is 2.61 bits per heavy atom. The van der Waals surface area contributed by atoms with Crippen LogP contribution in [0.15, 0.2) is 24.3 Å². The number of nitrogens with one attached hydrogen (secondary N) is 1. The van der Waals surface area contributed by atoms with Crippen molar-refractivity contribution < 1.29 is 23.1 Å². The van der Waals surface area contributed by atoms with Gasteiger partial charge in [-0.1, -0.05) is 30.7 Å². The number of hydrogen-bond donors (Lipinski definition) is 2. The predicted molar refractivity (Wildman–Crippen MR) is 85.7 cm³/mol. The second kappa shape index (κ2) is 7.12. The van der Waals surface area contributed by atoms with Gasteiger partial charge in [-0.25, -0.2) is 8.42 Å². The molecule has 7 heteroatoms. The van der Waals surface area contributed by atoms with Crippen LogP contribution < -0.4 is 5.32 Å². The Morgan fingerprint density at radius 2 is 2.00 bits per heavy atom. The zero-order valence-electron chi connectivity index (χ0n) is 13.0. The molecule has 2 unspecified atom stereocenters. The second-order valence-corrected chi connectivity index (χ2v) is 8.17. The number of carboxylic acids is 1. The molecule has 2 atom stereocenters. The summed E-state index contributed by atoms with van der Waals surface area (Å²) in [5.74, 6) is -1.64. The molecule has 2 rings (SSSR count). The zero-order chi connectivity index (χ0) is 17.0.